The van der Waals surface area contributed by atoms with E-state index in [1.807, 2.05) is 20.8 Å². The molecule has 0 saturated heterocycles. The van der Waals surface area contributed by atoms with E-state index < -0.39 is 35.7 Å². The van der Waals surface area contributed by atoms with Gasteiger partial charge in [-0.15, -0.1) is 0 Å². The lowest BCUT2D eigenvalue weighted by atomic mass is 9.86. The van der Waals surface area contributed by atoms with Crippen molar-refractivity contribution in [1.82, 2.24) is 0 Å². The summed E-state index contributed by atoms with van der Waals surface area (Å²) in [6, 6.07) is 4.59. The summed E-state index contributed by atoms with van der Waals surface area (Å²) in [6.07, 6.45) is 0.517. The fourth-order valence-electron chi connectivity index (χ4n) is 3.32. The molecule has 0 aromatic heterocycles. The fourth-order valence-corrected chi connectivity index (χ4v) is 3.32. The number of ether oxygens (including phenoxy) is 5. The van der Waals surface area contributed by atoms with Gasteiger partial charge in [0.25, 0.3) is 0 Å². The van der Waals surface area contributed by atoms with E-state index in [1.165, 1.54) is 19.2 Å². The molecule has 1 aromatic rings. The maximum atomic E-state index is 12.6. The topological polar surface area (TPSA) is 140 Å². The first kappa shape index (κ1) is 29.9. The predicted molar refractivity (Wildman–Crippen MR) is 127 cm³/mol. The number of nitrogens with two attached hydrogens (primary N) is 1. The van der Waals surface area contributed by atoms with Gasteiger partial charge in [-0.2, -0.15) is 0 Å². The maximum absolute atomic E-state index is 12.6. The number of esters is 3. The van der Waals surface area contributed by atoms with Crippen molar-refractivity contribution in [3.05, 3.63) is 23.8 Å². The Kier molecular flexibility index (Phi) is 12.8. The average Bonchev–Trinajstić information content (AvgIpc) is 2.78. The highest BCUT2D eigenvalue weighted by molar-refractivity contribution is 5.81. The minimum absolute atomic E-state index is 0.0289. The SMILES string of the molecule is CCCOC(=O)O[C@@H](C)CC(N)(Cc1ccc(OC(=O)CCC)c(OC(=O)CCC)c1)C(=O)OC. The van der Waals surface area contributed by atoms with Crippen molar-refractivity contribution in [2.45, 2.75) is 84.3 Å². The summed E-state index contributed by atoms with van der Waals surface area (Å²) < 4.78 is 25.8. The third kappa shape index (κ3) is 10.3. The number of hydrogen-bond acceptors (Lipinski definition) is 10. The first-order valence-corrected chi connectivity index (χ1v) is 11.8. The number of rotatable bonds is 14. The van der Waals surface area contributed by atoms with Crippen LogP contribution in [0.2, 0.25) is 0 Å². The molecule has 0 heterocycles. The molecule has 0 radical (unpaired) electrons. The third-order valence-corrected chi connectivity index (χ3v) is 4.85. The number of hydrogen-bond donors (Lipinski definition) is 1. The van der Waals surface area contributed by atoms with E-state index in [-0.39, 0.29) is 43.8 Å². The molecule has 0 spiro atoms. The summed E-state index contributed by atoms with van der Waals surface area (Å²) in [7, 11) is 1.21. The molecular formula is C25H37NO9. The van der Waals surface area contributed by atoms with Gasteiger partial charge in [0.1, 0.15) is 11.6 Å². The van der Waals surface area contributed by atoms with E-state index in [4.69, 9.17) is 29.4 Å². The Morgan fingerprint density at radius 1 is 0.943 bits per heavy atom. The zero-order valence-corrected chi connectivity index (χ0v) is 21.2. The predicted octanol–water partition coefficient (Wildman–Crippen LogP) is 3.85. The van der Waals surface area contributed by atoms with Crippen LogP contribution in [0.15, 0.2) is 18.2 Å². The summed E-state index contributed by atoms with van der Waals surface area (Å²) in [5.41, 5.74) is 5.37. The van der Waals surface area contributed by atoms with Crippen molar-refractivity contribution in [3.63, 3.8) is 0 Å². The molecule has 0 aliphatic rings. The van der Waals surface area contributed by atoms with E-state index in [2.05, 4.69) is 0 Å². The summed E-state index contributed by atoms with van der Waals surface area (Å²) >= 11 is 0. The molecule has 2 N–H and O–H groups in total. The summed E-state index contributed by atoms with van der Waals surface area (Å²) in [4.78, 5) is 48.5. The largest absolute Gasteiger partial charge is 0.508 e. The molecule has 196 valence electrons. The maximum Gasteiger partial charge on any atom is 0.508 e. The van der Waals surface area contributed by atoms with Gasteiger partial charge in [-0.3, -0.25) is 14.4 Å². The quantitative estimate of drug-likeness (QED) is 0.299. The van der Waals surface area contributed by atoms with E-state index in [9.17, 15) is 19.2 Å². The van der Waals surface area contributed by atoms with Crippen LogP contribution in [0.1, 0.15) is 71.8 Å². The lowest BCUT2D eigenvalue weighted by Gasteiger charge is -2.29. The zero-order chi connectivity index (χ0) is 26.4. The molecule has 0 aliphatic carbocycles. The van der Waals surface area contributed by atoms with Gasteiger partial charge in [0.05, 0.1) is 13.7 Å². The van der Waals surface area contributed by atoms with Crippen LogP contribution in [0.25, 0.3) is 0 Å². The minimum Gasteiger partial charge on any atom is -0.468 e. The van der Waals surface area contributed by atoms with Gasteiger partial charge < -0.3 is 29.4 Å². The van der Waals surface area contributed by atoms with Crippen LogP contribution in [0.5, 0.6) is 11.5 Å². The van der Waals surface area contributed by atoms with Gasteiger partial charge >= 0.3 is 24.1 Å². The van der Waals surface area contributed by atoms with Crippen LogP contribution in [0.4, 0.5) is 4.79 Å². The molecule has 10 nitrogen and oxygen atoms in total. The van der Waals surface area contributed by atoms with Crippen molar-refractivity contribution < 1.29 is 42.9 Å². The molecule has 0 bridgehead atoms. The molecule has 0 fully saturated rings. The van der Waals surface area contributed by atoms with E-state index in [0.29, 0.717) is 24.8 Å². The molecule has 2 atom stereocenters. The molecule has 0 amide bonds. The summed E-state index contributed by atoms with van der Waals surface area (Å²) in [5.74, 6) is -1.52. The smallest absolute Gasteiger partial charge is 0.468 e. The molecule has 1 rings (SSSR count). The number of carbonyl (C=O) groups excluding carboxylic acids is 4. The number of carbonyl (C=O) groups is 4. The summed E-state index contributed by atoms with van der Waals surface area (Å²) in [6.45, 7) is 7.33. The number of methoxy groups -OCH3 is 1. The van der Waals surface area contributed by atoms with Crippen LogP contribution < -0.4 is 15.2 Å². The van der Waals surface area contributed by atoms with Gasteiger partial charge in [0.2, 0.25) is 0 Å². The number of benzene rings is 1. The molecular weight excluding hydrogens is 458 g/mol. The Bertz CT molecular complexity index is 870. The first-order valence-electron chi connectivity index (χ1n) is 11.8. The van der Waals surface area contributed by atoms with Crippen LogP contribution in [0, 0.1) is 0 Å². The van der Waals surface area contributed by atoms with Gasteiger partial charge in [-0.1, -0.05) is 26.8 Å². The molecule has 0 aliphatic heterocycles. The van der Waals surface area contributed by atoms with Crippen molar-refractivity contribution in [3.8, 4) is 11.5 Å². The standard InChI is InChI=1S/C25H37NO9/c1-6-9-21(27)34-19-12-11-18(14-20(19)35-22(28)10-7-2)16-25(26,23(29)31-5)15-17(4)33-24(30)32-13-8-3/h11-12,14,17H,6-10,13,15-16,26H2,1-5H3/t17-,25?/m0/s1. The molecule has 1 unspecified atom stereocenters. The van der Waals surface area contributed by atoms with Gasteiger partial charge in [0.15, 0.2) is 11.5 Å². The third-order valence-electron chi connectivity index (χ3n) is 4.85. The van der Waals surface area contributed by atoms with E-state index in [0.717, 1.165) is 0 Å². The normalized spacial score (nSPS) is 13.2. The average molecular weight is 496 g/mol. The van der Waals surface area contributed by atoms with Crippen LogP contribution in [-0.4, -0.2) is 49.4 Å². The zero-order valence-electron chi connectivity index (χ0n) is 21.2. The van der Waals surface area contributed by atoms with Crippen LogP contribution in [0.3, 0.4) is 0 Å². The van der Waals surface area contributed by atoms with Gasteiger partial charge in [-0.05, 0) is 43.9 Å². The fraction of sp³-hybridized carbons (Fsp3) is 0.600. The Hall–Kier alpha value is -3.14. The van der Waals surface area contributed by atoms with Crippen LogP contribution >= 0.6 is 0 Å². The van der Waals surface area contributed by atoms with E-state index >= 15 is 0 Å². The van der Waals surface area contributed by atoms with Crippen molar-refractivity contribution >= 4 is 24.1 Å². The molecule has 35 heavy (non-hydrogen) atoms. The van der Waals surface area contributed by atoms with Gasteiger partial charge in [-0.25, -0.2) is 4.79 Å². The Morgan fingerprint density at radius 3 is 2.09 bits per heavy atom. The Morgan fingerprint density at radius 2 is 1.54 bits per heavy atom. The highest BCUT2D eigenvalue weighted by atomic mass is 16.7. The highest BCUT2D eigenvalue weighted by Gasteiger charge is 2.38. The Balaban J connectivity index is 3.17. The van der Waals surface area contributed by atoms with Crippen molar-refractivity contribution in [1.29, 1.82) is 0 Å². The summed E-state index contributed by atoms with van der Waals surface area (Å²) in [5, 5.41) is 0. The second kappa shape index (κ2) is 15.0. The minimum atomic E-state index is -1.57. The second-order valence-corrected chi connectivity index (χ2v) is 8.28. The first-order chi connectivity index (χ1) is 16.6. The van der Waals surface area contributed by atoms with Crippen molar-refractivity contribution in [2.24, 2.45) is 5.73 Å². The molecule has 10 heteroatoms. The highest BCUT2D eigenvalue weighted by Crippen LogP contribution is 2.31. The Labute approximate surface area is 206 Å². The monoisotopic (exact) mass is 495 g/mol. The lowest BCUT2D eigenvalue weighted by molar-refractivity contribution is -0.148. The molecule has 1 aromatic carbocycles. The molecule has 0 saturated carbocycles. The van der Waals surface area contributed by atoms with E-state index in [1.54, 1.807) is 13.0 Å². The second-order valence-electron chi connectivity index (χ2n) is 8.28. The van der Waals surface area contributed by atoms with Gasteiger partial charge in [0, 0.05) is 25.7 Å². The van der Waals surface area contributed by atoms with Crippen LogP contribution in [-0.2, 0) is 35.0 Å². The van der Waals surface area contributed by atoms with Crippen molar-refractivity contribution in [2.75, 3.05) is 13.7 Å². The lowest BCUT2D eigenvalue weighted by Crippen LogP contribution is -2.53.